The van der Waals surface area contributed by atoms with Crippen molar-refractivity contribution in [1.29, 1.82) is 0 Å². The maximum absolute atomic E-state index is 11.3. The molecule has 0 aliphatic heterocycles. The minimum atomic E-state index is -1.80. The zero-order chi connectivity index (χ0) is 16.5. The molecule has 5 heteroatoms. The number of carbonyl (C=O) groups is 1. The van der Waals surface area contributed by atoms with Crippen molar-refractivity contribution in [2.75, 3.05) is 6.61 Å². The standard InChI is InChI=1S/C16H28N2O2Si/c1-15(2,3)21(6,7)20-11-16(4,5)13-10-8-9-12(18-13)14(17)19/h8-10H,11H2,1-7H3,(H2,17,19). The normalized spacial score (nSPS) is 13.3. The van der Waals surface area contributed by atoms with Gasteiger partial charge in [-0.25, -0.2) is 4.98 Å². The summed E-state index contributed by atoms with van der Waals surface area (Å²) in [6, 6.07) is 5.37. The van der Waals surface area contributed by atoms with Crippen molar-refractivity contribution in [3.05, 3.63) is 29.6 Å². The van der Waals surface area contributed by atoms with Gasteiger partial charge in [-0.2, -0.15) is 0 Å². The van der Waals surface area contributed by atoms with Crippen LogP contribution in [0.4, 0.5) is 0 Å². The van der Waals surface area contributed by atoms with Gasteiger partial charge in [0, 0.05) is 17.7 Å². The van der Waals surface area contributed by atoms with Crippen LogP contribution in [0.3, 0.4) is 0 Å². The van der Waals surface area contributed by atoms with Crippen molar-refractivity contribution in [3.63, 3.8) is 0 Å². The van der Waals surface area contributed by atoms with Crippen molar-refractivity contribution in [2.45, 2.75) is 58.2 Å². The second-order valence-corrected chi connectivity index (χ2v) is 12.5. The molecule has 1 rings (SSSR count). The van der Waals surface area contributed by atoms with E-state index in [0.29, 0.717) is 12.3 Å². The van der Waals surface area contributed by atoms with Gasteiger partial charge in [0.1, 0.15) is 5.69 Å². The number of aromatic nitrogens is 1. The second-order valence-electron chi connectivity index (χ2n) is 7.71. The van der Waals surface area contributed by atoms with Crippen molar-refractivity contribution in [2.24, 2.45) is 5.73 Å². The van der Waals surface area contributed by atoms with Gasteiger partial charge >= 0.3 is 0 Å². The third-order valence-corrected chi connectivity index (χ3v) is 8.77. The molecule has 21 heavy (non-hydrogen) atoms. The minimum absolute atomic E-state index is 0.172. The molecule has 118 valence electrons. The highest BCUT2D eigenvalue weighted by molar-refractivity contribution is 6.74. The van der Waals surface area contributed by atoms with Crippen LogP contribution in [0.1, 0.15) is 50.8 Å². The van der Waals surface area contributed by atoms with Crippen LogP contribution in [0.2, 0.25) is 18.1 Å². The Kier molecular flexibility index (Phi) is 5.00. The summed E-state index contributed by atoms with van der Waals surface area (Å²) in [6.07, 6.45) is 0. The van der Waals surface area contributed by atoms with Crippen molar-refractivity contribution < 1.29 is 9.22 Å². The number of rotatable bonds is 5. The molecule has 1 aromatic heterocycles. The first-order valence-electron chi connectivity index (χ1n) is 7.28. The van der Waals surface area contributed by atoms with E-state index in [1.165, 1.54) is 0 Å². The summed E-state index contributed by atoms with van der Waals surface area (Å²) in [6.45, 7) is 15.9. The molecule has 0 aromatic carbocycles. The van der Waals surface area contributed by atoms with E-state index < -0.39 is 14.2 Å². The number of pyridine rings is 1. The quantitative estimate of drug-likeness (QED) is 0.847. The van der Waals surface area contributed by atoms with E-state index in [1.54, 1.807) is 6.07 Å². The van der Waals surface area contributed by atoms with E-state index in [0.717, 1.165) is 5.69 Å². The third-order valence-electron chi connectivity index (χ3n) is 4.29. The van der Waals surface area contributed by atoms with E-state index in [-0.39, 0.29) is 10.5 Å². The van der Waals surface area contributed by atoms with Crippen LogP contribution in [0.5, 0.6) is 0 Å². The predicted molar refractivity (Wildman–Crippen MR) is 88.9 cm³/mol. The third kappa shape index (κ3) is 4.38. The molecule has 0 fully saturated rings. The van der Waals surface area contributed by atoms with E-state index in [9.17, 15) is 4.79 Å². The van der Waals surface area contributed by atoms with Crippen LogP contribution in [-0.4, -0.2) is 25.8 Å². The summed E-state index contributed by atoms with van der Waals surface area (Å²) in [7, 11) is -1.80. The topological polar surface area (TPSA) is 65.2 Å². The van der Waals surface area contributed by atoms with E-state index in [1.807, 2.05) is 12.1 Å². The van der Waals surface area contributed by atoms with Crippen molar-refractivity contribution in [1.82, 2.24) is 4.98 Å². The van der Waals surface area contributed by atoms with Gasteiger partial charge in [-0.1, -0.05) is 40.7 Å². The summed E-state index contributed by atoms with van der Waals surface area (Å²) in [5.74, 6) is -0.502. The maximum Gasteiger partial charge on any atom is 0.267 e. The van der Waals surface area contributed by atoms with Crippen LogP contribution in [0.25, 0.3) is 0 Å². The number of nitrogens with two attached hydrogens (primary N) is 1. The first-order valence-corrected chi connectivity index (χ1v) is 10.2. The molecule has 0 spiro atoms. The fourth-order valence-electron chi connectivity index (χ4n) is 1.60. The molecule has 0 atom stereocenters. The van der Waals surface area contributed by atoms with Gasteiger partial charge in [-0.15, -0.1) is 0 Å². The molecule has 0 aliphatic rings. The Morgan fingerprint density at radius 3 is 2.29 bits per heavy atom. The van der Waals surface area contributed by atoms with Crippen LogP contribution < -0.4 is 5.73 Å². The van der Waals surface area contributed by atoms with Crippen LogP contribution >= 0.6 is 0 Å². The van der Waals surface area contributed by atoms with E-state index in [4.69, 9.17) is 10.2 Å². The smallest absolute Gasteiger partial charge is 0.267 e. The molecule has 1 aromatic rings. The average Bonchev–Trinajstić information content (AvgIpc) is 2.35. The minimum Gasteiger partial charge on any atom is -0.416 e. The zero-order valence-corrected chi connectivity index (χ0v) is 15.3. The number of primary amides is 1. The van der Waals surface area contributed by atoms with Gasteiger partial charge in [-0.05, 0) is 30.3 Å². The van der Waals surface area contributed by atoms with Crippen LogP contribution in [0.15, 0.2) is 18.2 Å². The average molecular weight is 308 g/mol. The number of amides is 1. The first kappa shape index (κ1) is 17.8. The highest BCUT2D eigenvalue weighted by Crippen LogP contribution is 2.37. The fraction of sp³-hybridized carbons (Fsp3) is 0.625. The summed E-state index contributed by atoms with van der Waals surface area (Å²) in [4.78, 5) is 15.6. The van der Waals surface area contributed by atoms with Crippen molar-refractivity contribution in [3.8, 4) is 0 Å². The molecule has 0 saturated heterocycles. The van der Waals surface area contributed by atoms with Gasteiger partial charge in [0.25, 0.3) is 5.91 Å². The predicted octanol–water partition coefficient (Wildman–Crippen LogP) is 3.48. The lowest BCUT2D eigenvalue weighted by Gasteiger charge is -2.39. The molecule has 0 aliphatic carbocycles. The largest absolute Gasteiger partial charge is 0.416 e. The second kappa shape index (κ2) is 5.89. The number of nitrogens with zero attached hydrogens (tertiary/aromatic N) is 1. The van der Waals surface area contributed by atoms with Gasteiger partial charge in [0.05, 0.1) is 0 Å². The van der Waals surface area contributed by atoms with E-state index >= 15 is 0 Å². The summed E-state index contributed by atoms with van der Waals surface area (Å²) >= 11 is 0. The summed E-state index contributed by atoms with van der Waals surface area (Å²) in [5, 5.41) is 0.172. The molecule has 0 radical (unpaired) electrons. The molecular weight excluding hydrogens is 280 g/mol. The molecule has 0 unspecified atom stereocenters. The van der Waals surface area contributed by atoms with Crippen molar-refractivity contribution >= 4 is 14.2 Å². The maximum atomic E-state index is 11.3. The Labute approximate surface area is 129 Å². The summed E-state index contributed by atoms with van der Waals surface area (Å²) < 4.78 is 6.30. The van der Waals surface area contributed by atoms with Gasteiger partial charge < -0.3 is 10.2 Å². The van der Waals surface area contributed by atoms with Gasteiger partial charge in [0.2, 0.25) is 0 Å². The Hall–Kier alpha value is -1.20. The molecular formula is C16H28N2O2Si. The number of hydrogen-bond acceptors (Lipinski definition) is 3. The molecule has 0 bridgehead atoms. The Morgan fingerprint density at radius 2 is 1.81 bits per heavy atom. The van der Waals surface area contributed by atoms with Crippen LogP contribution in [-0.2, 0) is 9.84 Å². The fourth-order valence-corrected chi connectivity index (χ4v) is 2.75. The molecule has 2 N–H and O–H groups in total. The lowest BCUT2D eigenvalue weighted by Crippen LogP contribution is -2.44. The van der Waals surface area contributed by atoms with Crippen LogP contribution in [0, 0.1) is 0 Å². The molecule has 1 amide bonds. The Morgan fingerprint density at radius 1 is 1.24 bits per heavy atom. The highest BCUT2D eigenvalue weighted by atomic mass is 28.4. The number of hydrogen-bond donors (Lipinski definition) is 1. The number of carbonyl (C=O) groups excluding carboxylic acids is 1. The molecule has 0 saturated carbocycles. The molecule has 4 nitrogen and oxygen atoms in total. The monoisotopic (exact) mass is 308 g/mol. The first-order chi connectivity index (χ1) is 9.37. The van der Waals surface area contributed by atoms with E-state index in [2.05, 4.69) is 52.7 Å². The Bertz CT molecular complexity index is 519. The van der Waals surface area contributed by atoms with Gasteiger partial charge in [-0.3, -0.25) is 4.79 Å². The SMILES string of the molecule is CC(C)(CO[Si](C)(C)C(C)(C)C)c1cccc(C(N)=O)n1. The summed E-state index contributed by atoms with van der Waals surface area (Å²) in [5.41, 5.74) is 6.17. The lowest BCUT2D eigenvalue weighted by molar-refractivity contribution is 0.0994. The Balaban J connectivity index is 2.92. The molecule has 1 heterocycles. The zero-order valence-electron chi connectivity index (χ0n) is 14.3. The highest BCUT2D eigenvalue weighted by Gasteiger charge is 2.39. The van der Waals surface area contributed by atoms with Gasteiger partial charge in [0.15, 0.2) is 8.32 Å². The lowest BCUT2D eigenvalue weighted by atomic mass is 9.90.